The van der Waals surface area contributed by atoms with E-state index in [1.807, 2.05) is 11.3 Å². The van der Waals surface area contributed by atoms with Crippen molar-refractivity contribution in [2.24, 2.45) is 5.84 Å². The molecule has 2 nitrogen and oxygen atoms in total. The lowest BCUT2D eigenvalue weighted by Crippen LogP contribution is -2.29. The van der Waals surface area contributed by atoms with Crippen LogP contribution in [0.25, 0.3) is 0 Å². The number of nitrogens with two attached hydrogens (primary N) is 1. The highest BCUT2D eigenvalue weighted by molar-refractivity contribution is 14.1. The average Bonchev–Trinajstić information content (AvgIpc) is 2.85. The van der Waals surface area contributed by atoms with Gasteiger partial charge in [-0.15, -0.1) is 11.3 Å². The second kappa shape index (κ2) is 6.65. The Bertz CT molecular complexity index is 510. The topological polar surface area (TPSA) is 38.0 Å². The van der Waals surface area contributed by atoms with E-state index < -0.39 is 0 Å². The smallest absolute Gasteiger partial charge is 0.0518 e. The van der Waals surface area contributed by atoms with Crippen LogP contribution in [0.3, 0.4) is 0 Å². The molecule has 0 aliphatic rings. The number of halogens is 1. The van der Waals surface area contributed by atoms with Gasteiger partial charge in [-0.2, -0.15) is 0 Å². The molecule has 0 amide bonds. The van der Waals surface area contributed by atoms with Crippen LogP contribution in [-0.2, 0) is 12.8 Å². The Labute approximate surface area is 126 Å². The molecule has 18 heavy (non-hydrogen) atoms. The van der Waals surface area contributed by atoms with Gasteiger partial charge in [-0.25, -0.2) is 0 Å². The predicted molar refractivity (Wildman–Crippen MR) is 86.6 cm³/mol. The van der Waals surface area contributed by atoms with Gasteiger partial charge in [0.2, 0.25) is 0 Å². The van der Waals surface area contributed by atoms with Crippen molar-refractivity contribution in [2.45, 2.75) is 25.8 Å². The zero-order valence-electron chi connectivity index (χ0n) is 10.3. The van der Waals surface area contributed by atoms with E-state index in [4.69, 9.17) is 5.84 Å². The molecule has 0 spiro atoms. The van der Waals surface area contributed by atoms with Crippen molar-refractivity contribution >= 4 is 33.9 Å². The molecule has 2 rings (SSSR count). The number of benzene rings is 1. The normalized spacial score (nSPS) is 12.6. The minimum Gasteiger partial charge on any atom is -0.271 e. The van der Waals surface area contributed by atoms with Crippen molar-refractivity contribution in [3.05, 3.63) is 55.3 Å². The van der Waals surface area contributed by atoms with Crippen LogP contribution < -0.4 is 11.3 Å². The molecule has 0 bridgehead atoms. The van der Waals surface area contributed by atoms with Crippen molar-refractivity contribution in [3.8, 4) is 0 Å². The molecule has 0 aliphatic carbocycles. The summed E-state index contributed by atoms with van der Waals surface area (Å²) in [5.74, 6) is 5.71. The summed E-state index contributed by atoms with van der Waals surface area (Å²) in [5, 5.41) is 0. The Morgan fingerprint density at radius 1 is 1.22 bits per heavy atom. The Morgan fingerprint density at radius 2 is 1.94 bits per heavy atom. The van der Waals surface area contributed by atoms with Gasteiger partial charge in [-0.05, 0) is 52.8 Å². The van der Waals surface area contributed by atoms with Gasteiger partial charge in [0.1, 0.15) is 0 Å². The van der Waals surface area contributed by atoms with E-state index in [1.165, 1.54) is 18.9 Å². The maximum atomic E-state index is 5.71. The maximum Gasteiger partial charge on any atom is 0.0518 e. The molecule has 96 valence electrons. The van der Waals surface area contributed by atoms with Crippen molar-refractivity contribution < 1.29 is 0 Å². The van der Waals surface area contributed by atoms with Gasteiger partial charge >= 0.3 is 0 Å². The average molecular weight is 372 g/mol. The molecule has 1 heterocycles. The standard InChI is InChI=1S/C14H17IN2S/c1-2-10-7-8-11(18-10)9-14(17-16)12-5-3-4-6-13(12)15/h3-8,14,17H,2,9,16H2,1H3. The van der Waals surface area contributed by atoms with E-state index in [9.17, 15) is 0 Å². The monoisotopic (exact) mass is 372 g/mol. The van der Waals surface area contributed by atoms with Gasteiger partial charge in [0, 0.05) is 19.7 Å². The molecular formula is C14H17IN2S. The van der Waals surface area contributed by atoms with Gasteiger partial charge in [-0.1, -0.05) is 25.1 Å². The summed E-state index contributed by atoms with van der Waals surface area (Å²) in [7, 11) is 0. The summed E-state index contributed by atoms with van der Waals surface area (Å²) < 4.78 is 1.25. The summed E-state index contributed by atoms with van der Waals surface area (Å²) >= 11 is 4.24. The fraction of sp³-hybridized carbons (Fsp3) is 0.286. The third-order valence-electron chi connectivity index (χ3n) is 2.95. The third-order valence-corrected chi connectivity index (χ3v) is 5.19. The first-order valence-corrected chi connectivity index (χ1v) is 7.92. The highest BCUT2D eigenvalue weighted by Gasteiger charge is 2.14. The second-order valence-electron chi connectivity index (χ2n) is 4.17. The molecule has 3 N–H and O–H groups in total. The molecule has 0 saturated heterocycles. The molecule has 1 aromatic heterocycles. The zero-order chi connectivity index (χ0) is 13.0. The highest BCUT2D eigenvalue weighted by Crippen LogP contribution is 2.26. The van der Waals surface area contributed by atoms with E-state index in [1.54, 1.807) is 0 Å². The van der Waals surface area contributed by atoms with Gasteiger partial charge in [0.05, 0.1) is 6.04 Å². The van der Waals surface area contributed by atoms with E-state index >= 15 is 0 Å². The van der Waals surface area contributed by atoms with E-state index in [-0.39, 0.29) is 6.04 Å². The third kappa shape index (κ3) is 3.32. The first-order chi connectivity index (χ1) is 8.74. The van der Waals surface area contributed by atoms with Crippen LogP contribution >= 0.6 is 33.9 Å². The summed E-state index contributed by atoms with van der Waals surface area (Å²) in [6.45, 7) is 2.19. The van der Waals surface area contributed by atoms with Crippen molar-refractivity contribution in [1.29, 1.82) is 0 Å². The molecule has 1 aromatic carbocycles. The summed E-state index contributed by atoms with van der Waals surface area (Å²) in [4.78, 5) is 2.82. The molecule has 4 heteroatoms. The second-order valence-corrected chi connectivity index (χ2v) is 6.58. The molecular weight excluding hydrogens is 355 g/mol. The van der Waals surface area contributed by atoms with Crippen LogP contribution in [0, 0.1) is 3.57 Å². The first kappa shape index (κ1) is 14.0. The van der Waals surface area contributed by atoms with Gasteiger partial charge in [0.25, 0.3) is 0 Å². The largest absolute Gasteiger partial charge is 0.271 e. The Hall–Kier alpha value is -0.430. The number of nitrogens with one attached hydrogen (secondary N) is 1. The molecule has 2 aromatic rings. The quantitative estimate of drug-likeness (QED) is 0.478. The van der Waals surface area contributed by atoms with Crippen LogP contribution in [0.5, 0.6) is 0 Å². The van der Waals surface area contributed by atoms with E-state index in [2.05, 4.69) is 71.3 Å². The molecule has 0 radical (unpaired) electrons. The van der Waals surface area contributed by atoms with Crippen LogP contribution in [0.1, 0.15) is 28.3 Å². The van der Waals surface area contributed by atoms with Gasteiger partial charge in [0.15, 0.2) is 0 Å². The number of hydrogen-bond acceptors (Lipinski definition) is 3. The number of rotatable bonds is 5. The summed E-state index contributed by atoms with van der Waals surface area (Å²) in [6.07, 6.45) is 2.05. The van der Waals surface area contributed by atoms with Crippen LogP contribution in [0.15, 0.2) is 36.4 Å². The predicted octanol–water partition coefficient (Wildman–Crippen LogP) is 3.66. The fourth-order valence-electron chi connectivity index (χ4n) is 1.94. The lowest BCUT2D eigenvalue weighted by atomic mass is 10.0. The lowest BCUT2D eigenvalue weighted by molar-refractivity contribution is 0.553. The van der Waals surface area contributed by atoms with Crippen LogP contribution in [0.2, 0.25) is 0 Å². The number of aryl methyl sites for hydroxylation is 1. The lowest BCUT2D eigenvalue weighted by Gasteiger charge is -2.17. The number of hydrogen-bond donors (Lipinski definition) is 2. The SMILES string of the molecule is CCc1ccc(CC(NN)c2ccccc2I)s1. The van der Waals surface area contributed by atoms with Gasteiger partial charge < -0.3 is 0 Å². The molecule has 1 unspecified atom stereocenters. The Kier molecular flexibility index (Phi) is 5.17. The summed E-state index contributed by atoms with van der Waals surface area (Å²) in [6, 6.07) is 13.0. The van der Waals surface area contributed by atoms with E-state index in [0.717, 1.165) is 12.8 Å². The molecule has 0 saturated carbocycles. The van der Waals surface area contributed by atoms with Gasteiger partial charge in [-0.3, -0.25) is 11.3 Å². The van der Waals surface area contributed by atoms with Crippen LogP contribution in [-0.4, -0.2) is 0 Å². The Balaban J connectivity index is 2.17. The van der Waals surface area contributed by atoms with Crippen molar-refractivity contribution in [1.82, 2.24) is 5.43 Å². The first-order valence-electron chi connectivity index (χ1n) is 6.02. The molecule has 0 aliphatic heterocycles. The minimum absolute atomic E-state index is 0.182. The maximum absolute atomic E-state index is 5.71. The summed E-state index contributed by atoms with van der Waals surface area (Å²) in [5.41, 5.74) is 4.21. The minimum atomic E-state index is 0.182. The van der Waals surface area contributed by atoms with E-state index in [0.29, 0.717) is 0 Å². The number of hydrazine groups is 1. The highest BCUT2D eigenvalue weighted by atomic mass is 127. The molecule has 0 fully saturated rings. The fourth-order valence-corrected chi connectivity index (χ4v) is 3.71. The Morgan fingerprint density at radius 3 is 2.56 bits per heavy atom. The number of thiophene rings is 1. The van der Waals surface area contributed by atoms with Crippen molar-refractivity contribution in [3.63, 3.8) is 0 Å². The zero-order valence-corrected chi connectivity index (χ0v) is 13.3. The van der Waals surface area contributed by atoms with Crippen LogP contribution in [0.4, 0.5) is 0 Å². The van der Waals surface area contributed by atoms with Crippen molar-refractivity contribution in [2.75, 3.05) is 0 Å². The molecule has 1 atom stereocenters.